The fourth-order valence-corrected chi connectivity index (χ4v) is 4.96. The second kappa shape index (κ2) is 7.12. The first-order chi connectivity index (χ1) is 13.3. The minimum absolute atomic E-state index is 0.239. The summed E-state index contributed by atoms with van der Waals surface area (Å²) in [6, 6.07) is 6.69. The van der Waals surface area contributed by atoms with Crippen LogP contribution in [0.3, 0.4) is 0 Å². The molecule has 4 aromatic rings. The molecule has 0 unspecified atom stereocenters. The van der Waals surface area contributed by atoms with Gasteiger partial charge >= 0.3 is 0 Å². The number of rotatable bonds is 4. The van der Waals surface area contributed by atoms with E-state index in [1.165, 1.54) is 16.1 Å². The lowest BCUT2D eigenvalue weighted by Crippen LogP contribution is -2.46. The van der Waals surface area contributed by atoms with Gasteiger partial charge in [-0.25, -0.2) is 9.50 Å². The Balaban J connectivity index is 1.43. The molecule has 0 radical (unpaired) electrons. The smallest absolute Gasteiger partial charge is 0.109 e. The highest BCUT2D eigenvalue weighted by Crippen LogP contribution is 2.29. The number of aromatic nitrogens is 4. The van der Waals surface area contributed by atoms with Crippen LogP contribution in [0.2, 0.25) is 0 Å². The molecule has 27 heavy (non-hydrogen) atoms. The van der Waals surface area contributed by atoms with Crippen LogP contribution in [0, 0.1) is 0 Å². The summed E-state index contributed by atoms with van der Waals surface area (Å²) in [5, 5.41) is 16.4. The van der Waals surface area contributed by atoms with Crippen molar-refractivity contribution in [3.63, 3.8) is 0 Å². The van der Waals surface area contributed by atoms with Gasteiger partial charge in [-0.05, 0) is 35.5 Å². The Morgan fingerprint density at radius 2 is 2.11 bits per heavy atom. The summed E-state index contributed by atoms with van der Waals surface area (Å²) in [7, 11) is 2.18. The lowest BCUT2D eigenvalue weighted by molar-refractivity contribution is 0.0889. The lowest BCUT2D eigenvalue weighted by Gasteiger charge is -2.38. The van der Waals surface area contributed by atoms with Gasteiger partial charge in [-0.1, -0.05) is 11.3 Å². The molecule has 1 fully saturated rings. The van der Waals surface area contributed by atoms with Gasteiger partial charge in [0.05, 0.1) is 18.1 Å². The van der Waals surface area contributed by atoms with Gasteiger partial charge in [0.25, 0.3) is 0 Å². The number of pyridine rings is 1. The lowest BCUT2D eigenvalue weighted by atomic mass is 10.1. The van der Waals surface area contributed by atoms with E-state index in [1.54, 1.807) is 22.7 Å². The van der Waals surface area contributed by atoms with Crippen molar-refractivity contribution in [1.29, 1.82) is 0 Å². The third-order valence-electron chi connectivity index (χ3n) is 5.18. The van der Waals surface area contributed by atoms with Gasteiger partial charge in [-0.2, -0.15) is 11.3 Å². The topological polar surface area (TPSA) is 49.6 Å². The van der Waals surface area contributed by atoms with Crippen molar-refractivity contribution in [3.8, 4) is 11.1 Å². The highest BCUT2D eigenvalue weighted by Gasteiger charge is 2.29. The Morgan fingerprint density at radius 1 is 1.15 bits per heavy atom. The molecule has 5 heterocycles. The summed E-state index contributed by atoms with van der Waals surface area (Å²) in [6.45, 7) is 3.91. The van der Waals surface area contributed by atoms with Gasteiger partial charge < -0.3 is 0 Å². The largest absolute Gasteiger partial charge is 0.295 e. The minimum Gasteiger partial charge on any atom is -0.295 e. The molecule has 0 N–H and O–H groups in total. The first-order valence-electron chi connectivity index (χ1n) is 8.96. The van der Waals surface area contributed by atoms with Gasteiger partial charge in [0, 0.05) is 43.0 Å². The molecule has 5 rings (SSSR count). The molecular formula is C19H20N6S2. The fraction of sp³-hybridized carbons (Fsp3) is 0.316. The van der Waals surface area contributed by atoms with Crippen molar-refractivity contribution < 1.29 is 0 Å². The van der Waals surface area contributed by atoms with Gasteiger partial charge in [0.15, 0.2) is 0 Å². The molecule has 0 aliphatic carbocycles. The highest BCUT2D eigenvalue weighted by atomic mass is 32.1. The van der Waals surface area contributed by atoms with E-state index in [4.69, 9.17) is 0 Å². The molecule has 0 bridgehead atoms. The quantitative estimate of drug-likeness (QED) is 0.529. The van der Waals surface area contributed by atoms with Crippen molar-refractivity contribution in [2.75, 3.05) is 26.7 Å². The van der Waals surface area contributed by atoms with E-state index in [2.05, 4.69) is 67.3 Å². The van der Waals surface area contributed by atoms with Crippen molar-refractivity contribution >= 4 is 28.2 Å². The number of thiophene rings is 1. The zero-order valence-corrected chi connectivity index (χ0v) is 16.7. The van der Waals surface area contributed by atoms with E-state index in [1.807, 2.05) is 16.1 Å². The summed E-state index contributed by atoms with van der Waals surface area (Å²) in [6.07, 6.45) is 3.95. The maximum absolute atomic E-state index is 4.56. The Kier molecular flexibility index (Phi) is 4.48. The maximum Gasteiger partial charge on any atom is 0.109 e. The zero-order valence-electron chi connectivity index (χ0n) is 15.0. The van der Waals surface area contributed by atoms with Gasteiger partial charge in [0.2, 0.25) is 0 Å². The van der Waals surface area contributed by atoms with Crippen LogP contribution in [-0.4, -0.2) is 56.3 Å². The predicted octanol–water partition coefficient (Wildman–Crippen LogP) is 3.40. The molecule has 1 atom stereocenters. The summed E-state index contributed by atoms with van der Waals surface area (Å²) < 4.78 is 1.91. The van der Waals surface area contributed by atoms with E-state index in [0.717, 1.165) is 37.4 Å². The number of fused-ring (bicyclic) bond motifs is 1. The summed E-state index contributed by atoms with van der Waals surface area (Å²) >= 11 is 3.43. The Bertz CT molecular complexity index is 1020. The molecular weight excluding hydrogens is 376 g/mol. The first-order valence-corrected chi connectivity index (χ1v) is 10.8. The molecule has 0 aromatic carbocycles. The van der Waals surface area contributed by atoms with E-state index >= 15 is 0 Å². The minimum atomic E-state index is 0.239. The van der Waals surface area contributed by atoms with Crippen LogP contribution in [-0.2, 0) is 6.54 Å². The van der Waals surface area contributed by atoms with E-state index in [0.29, 0.717) is 0 Å². The molecule has 1 aliphatic heterocycles. The normalized spacial score (nSPS) is 19.1. The molecule has 6 nitrogen and oxygen atoms in total. The second-order valence-corrected chi connectivity index (χ2v) is 8.65. The number of piperazine rings is 1. The predicted molar refractivity (Wildman–Crippen MR) is 109 cm³/mol. The number of likely N-dealkylation sites (N-methyl/N-ethyl adjacent to an activating group) is 1. The zero-order chi connectivity index (χ0) is 18.2. The van der Waals surface area contributed by atoms with Gasteiger partial charge in [0.1, 0.15) is 10.7 Å². The van der Waals surface area contributed by atoms with Crippen LogP contribution in [0.1, 0.15) is 16.7 Å². The van der Waals surface area contributed by atoms with Crippen LogP contribution in [0.5, 0.6) is 0 Å². The fourth-order valence-electron chi connectivity index (χ4n) is 3.64. The number of nitrogens with zero attached hydrogens (tertiary/aromatic N) is 6. The van der Waals surface area contributed by atoms with Crippen LogP contribution in [0.25, 0.3) is 16.6 Å². The first kappa shape index (κ1) is 17.0. The van der Waals surface area contributed by atoms with Crippen molar-refractivity contribution in [2.24, 2.45) is 0 Å². The van der Waals surface area contributed by atoms with Crippen molar-refractivity contribution in [1.82, 2.24) is 29.6 Å². The van der Waals surface area contributed by atoms with Crippen LogP contribution < -0.4 is 0 Å². The standard InChI is InChI=1S/C19H20N6S2/c1-23-6-7-24(12-18-20-5-9-27-18)11-17(23)19-16-3-2-14(10-25(16)22-21-19)15-4-8-26-13-15/h2-5,8-10,13,17H,6-7,11-12H2,1H3/t17-/m1/s1. The third-order valence-corrected chi connectivity index (χ3v) is 6.63. The molecule has 0 saturated carbocycles. The van der Waals surface area contributed by atoms with Crippen LogP contribution in [0.4, 0.5) is 0 Å². The number of hydrogen-bond donors (Lipinski definition) is 0. The Hall–Kier alpha value is -2.13. The summed E-state index contributed by atoms with van der Waals surface area (Å²) in [5.74, 6) is 0. The number of hydrogen-bond acceptors (Lipinski definition) is 7. The Morgan fingerprint density at radius 3 is 2.93 bits per heavy atom. The van der Waals surface area contributed by atoms with Gasteiger partial charge in [-0.15, -0.1) is 16.4 Å². The molecule has 1 saturated heterocycles. The highest BCUT2D eigenvalue weighted by molar-refractivity contribution is 7.09. The average molecular weight is 397 g/mol. The third kappa shape index (κ3) is 3.29. The monoisotopic (exact) mass is 396 g/mol. The average Bonchev–Trinajstić information content (AvgIpc) is 3.44. The van der Waals surface area contributed by atoms with Crippen LogP contribution in [0.15, 0.2) is 46.7 Å². The second-order valence-electron chi connectivity index (χ2n) is 6.89. The molecule has 4 aromatic heterocycles. The molecule has 1 aliphatic rings. The molecule has 0 amide bonds. The van der Waals surface area contributed by atoms with E-state index < -0.39 is 0 Å². The van der Waals surface area contributed by atoms with Crippen molar-refractivity contribution in [2.45, 2.75) is 12.6 Å². The van der Waals surface area contributed by atoms with Gasteiger partial charge in [-0.3, -0.25) is 9.80 Å². The number of thiazole rings is 1. The maximum atomic E-state index is 4.56. The Labute approximate surface area is 165 Å². The summed E-state index contributed by atoms with van der Waals surface area (Å²) in [4.78, 5) is 9.28. The van der Waals surface area contributed by atoms with E-state index in [-0.39, 0.29) is 6.04 Å². The van der Waals surface area contributed by atoms with Crippen LogP contribution >= 0.6 is 22.7 Å². The summed E-state index contributed by atoms with van der Waals surface area (Å²) in [5.41, 5.74) is 4.53. The molecule has 8 heteroatoms. The van der Waals surface area contributed by atoms with E-state index in [9.17, 15) is 0 Å². The van der Waals surface area contributed by atoms with Crippen molar-refractivity contribution in [3.05, 3.63) is 57.4 Å². The molecule has 138 valence electrons. The SMILES string of the molecule is CN1CCN(Cc2nccs2)C[C@@H]1c1nnn2cc(-c3ccsc3)ccc12. The molecule has 0 spiro atoms.